The Hall–Kier alpha value is -3.02. The predicted molar refractivity (Wildman–Crippen MR) is 91.1 cm³/mol. The molecule has 1 heterocycles. The highest BCUT2D eigenvalue weighted by molar-refractivity contribution is 5.98. The number of nitrogens with one attached hydrogen (secondary N) is 1. The van der Waals surface area contributed by atoms with Gasteiger partial charge < -0.3 is 5.32 Å². The molecule has 1 aliphatic rings. The van der Waals surface area contributed by atoms with Gasteiger partial charge in [-0.1, -0.05) is 23.8 Å². The van der Waals surface area contributed by atoms with Gasteiger partial charge in [0.25, 0.3) is 5.91 Å². The van der Waals surface area contributed by atoms with Crippen LogP contribution in [0.2, 0.25) is 0 Å². The van der Waals surface area contributed by atoms with Crippen molar-refractivity contribution in [3.63, 3.8) is 0 Å². The minimum absolute atomic E-state index is 0.0761. The molecule has 1 fully saturated rings. The Bertz CT molecular complexity index is 906. The van der Waals surface area contributed by atoms with Crippen LogP contribution in [-0.4, -0.2) is 26.7 Å². The van der Waals surface area contributed by atoms with E-state index in [1.807, 2.05) is 25.1 Å². The molecular formula is C19H17FN4O. The van der Waals surface area contributed by atoms with Crippen molar-refractivity contribution in [2.45, 2.75) is 25.3 Å². The molecule has 0 radical (unpaired) electrons. The first-order chi connectivity index (χ1) is 12.1. The van der Waals surface area contributed by atoms with Crippen LogP contribution in [-0.2, 0) is 0 Å². The van der Waals surface area contributed by atoms with Crippen molar-refractivity contribution >= 4 is 5.91 Å². The molecule has 3 aromatic rings. The molecule has 0 saturated heterocycles. The SMILES string of the molecule is Cc1ccc(-n2cnnc2)c(C(=O)N[C@@H]2C[C@H]2c2ccc(F)cc2)c1. The van der Waals surface area contributed by atoms with Gasteiger partial charge in [0.2, 0.25) is 0 Å². The van der Waals surface area contributed by atoms with Crippen molar-refractivity contribution in [1.29, 1.82) is 0 Å². The summed E-state index contributed by atoms with van der Waals surface area (Å²) in [4.78, 5) is 12.8. The molecule has 25 heavy (non-hydrogen) atoms. The summed E-state index contributed by atoms with van der Waals surface area (Å²) in [6.07, 6.45) is 4.00. The summed E-state index contributed by atoms with van der Waals surface area (Å²) >= 11 is 0. The summed E-state index contributed by atoms with van der Waals surface area (Å²) in [5, 5.41) is 10.7. The highest BCUT2D eigenvalue weighted by Crippen LogP contribution is 2.41. The lowest BCUT2D eigenvalue weighted by molar-refractivity contribution is 0.0950. The first-order valence-corrected chi connectivity index (χ1v) is 8.14. The van der Waals surface area contributed by atoms with Crippen molar-refractivity contribution in [2.75, 3.05) is 0 Å². The van der Waals surface area contributed by atoms with E-state index in [0.717, 1.165) is 23.2 Å². The topological polar surface area (TPSA) is 59.8 Å². The number of aromatic nitrogens is 3. The van der Waals surface area contributed by atoms with E-state index in [2.05, 4.69) is 15.5 Å². The van der Waals surface area contributed by atoms with Crippen molar-refractivity contribution in [3.8, 4) is 5.69 Å². The number of carbonyl (C=O) groups excluding carboxylic acids is 1. The van der Waals surface area contributed by atoms with Crippen LogP contribution in [0.4, 0.5) is 4.39 Å². The molecule has 2 aromatic carbocycles. The molecule has 1 aromatic heterocycles. The van der Waals surface area contributed by atoms with Crippen LogP contribution in [0.25, 0.3) is 5.69 Å². The second-order valence-electron chi connectivity index (χ2n) is 6.36. The molecule has 126 valence electrons. The molecule has 0 aliphatic heterocycles. The third-order valence-electron chi connectivity index (χ3n) is 4.50. The smallest absolute Gasteiger partial charge is 0.253 e. The maximum Gasteiger partial charge on any atom is 0.253 e. The second kappa shape index (κ2) is 6.12. The Morgan fingerprint density at radius 2 is 1.88 bits per heavy atom. The Balaban J connectivity index is 1.53. The van der Waals surface area contributed by atoms with Crippen LogP contribution < -0.4 is 5.32 Å². The zero-order chi connectivity index (χ0) is 17.4. The van der Waals surface area contributed by atoms with E-state index in [1.165, 1.54) is 12.1 Å². The monoisotopic (exact) mass is 336 g/mol. The van der Waals surface area contributed by atoms with E-state index in [4.69, 9.17) is 0 Å². The molecule has 0 bridgehead atoms. The average molecular weight is 336 g/mol. The van der Waals surface area contributed by atoms with Crippen molar-refractivity contribution < 1.29 is 9.18 Å². The predicted octanol–water partition coefficient (Wildman–Crippen LogP) is 3.00. The first-order valence-electron chi connectivity index (χ1n) is 8.14. The van der Waals surface area contributed by atoms with Gasteiger partial charge in [0, 0.05) is 12.0 Å². The zero-order valence-electron chi connectivity index (χ0n) is 13.7. The number of amides is 1. The standard InChI is InChI=1S/C19H17FN4O/c1-12-2-7-18(24-10-21-22-11-24)16(8-12)19(25)23-17-9-15(17)13-3-5-14(20)6-4-13/h2-8,10-11,15,17H,9H2,1H3,(H,23,25)/t15-,17+/m0/s1. The molecule has 1 amide bonds. The highest BCUT2D eigenvalue weighted by Gasteiger charge is 2.39. The van der Waals surface area contributed by atoms with Crippen LogP contribution in [0.1, 0.15) is 33.8 Å². The molecule has 5 nitrogen and oxygen atoms in total. The minimum Gasteiger partial charge on any atom is -0.349 e. The van der Waals surface area contributed by atoms with Crippen LogP contribution in [0.15, 0.2) is 55.1 Å². The Morgan fingerprint density at radius 1 is 1.16 bits per heavy atom. The summed E-state index contributed by atoms with van der Waals surface area (Å²) in [5.74, 6) is -0.127. The highest BCUT2D eigenvalue weighted by atomic mass is 19.1. The summed E-state index contributed by atoms with van der Waals surface area (Å²) in [5.41, 5.74) is 3.39. The van der Waals surface area contributed by atoms with Crippen molar-refractivity contribution in [3.05, 3.63) is 77.6 Å². The van der Waals surface area contributed by atoms with Crippen LogP contribution >= 0.6 is 0 Å². The van der Waals surface area contributed by atoms with E-state index in [-0.39, 0.29) is 23.7 Å². The van der Waals surface area contributed by atoms with Gasteiger partial charge in [-0.15, -0.1) is 10.2 Å². The summed E-state index contributed by atoms with van der Waals surface area (Å²) < 4.78 is 14.8. The lowest BCUT2D eigenvalue weighted by atomic mass is 10.1. The number of halogens is 1. The fourth-order valence-electron chi connectivity index (χ4n) is 3.06. The molecule has 2 atom stereocenters. The number of carbonyl (C=O) groups is 1. The number of benzene rings is 2. The number of hydrogen-bond donors (Lipinski definition) is 1. The van der Waals surface area contributed by atoms with E-state index in [9.17, 15) is 9.18 Å². The maximum atomic E-state index is 13.0. The van der Waals surface area contributed by atoms with Crippen molar-refractivity contribution in [2.24, 2.45) is 0 Å². The van der Waals surface area contributed by atoms with Gasteiger partial charge in [0.05, 0.1) is 11.3 Å². The van der Waals surface area contributed by atoms with Crippen LogP contribution in [0.3, 0.4) is 0 Å². The number of aryl methyl sites for hydroxylation is 1. The lowest BCUT2D eigenvalue weighted by Gasteiger charge is -2.11. The van der Waals surface area contributed by atoms with Gasteiger partial charge >= 0.3 is 0 Å². The molecular weight excluding hydrogens is 319 g/mol. The van der Waals surface area contributed by atoms with Crippen LogP contribution in [0, 0.1) is 12.7 Å². The van der Waals surface area contributed by atoms with E-state index in [0.29, 0.717) is 5.56 Å². The van der Waals surface area contributed by atoms with Crippen LogP contribution in [0.5, 0.6) is 0 Å². The largest absolute Gasteiger partial charge is 0.349 e. The fourth-order valence-corrected chi connectivity index (χ4v) is 3.06. The lowest BCUT2D eigenvalue weighted by Crippen LogP contribution is -2.27. The quantitative estimate of drug-likeness (QED) is 0.797. The summed E-state index contributed by atoms with van der Waals surface area (Å²) in [6.45, 7) is 1.95. The third kappa shape index (κ3) is 3.15. The molecule has 1 aliphatic carbocycles. The zero-order valence-corrected chi connectivity index (χ0v) is 13.7. The van der Waals surface area contributed by atoms with E-state index in [1.54, 1.807) is 29.4 Å². The Labute approximate surface area is 144 Å². The normalized spacial score (nSPS) is 18.8. The van der Waals surface area contributed by atoms with E-state index >= 15 is 0 Å². The molecule has 1 saturated carbocycles. The molecule has 4 rings (SSSR count). The number of hydrogen-bond acceptors (Lipinski definition) is 3. The second-order valence-corrected chi connectivity index (χ2v) is 6.36. The van der Waals surface area contributed by atoms with Gasteiger partial charge in [-0.3, -0.25) is 9.36 Å². The minimum atomic E-state index is -0.247. The van der Waals surface area contributed by atoms with Gasteiger partial charge in [-0.25, -0.2) is 4.39 Å². The molecule has 1 N–H and O–H groups in total. The summed E-state index contributed by atoms with van der Waals surface area (Å²) in [6, 6.07) is 12.2. The van der Waals surface area contributed by atoms with E-state index < -0.39 is 0 Å². The number of nitrogens with zero attached hydrogens (tertiary/aromatic N) is 3. The molecule has 0 spiro atoms. The number of rotatable bonds is 4. The van der Waals surface area contributed by atoms with Gasteiger partial charge in [0.15, 0.2) is 0 Å². The maximum absolute atomic E-state index is 13.0. The molecule has 6 heteroatoms. The molecule has 0 unspecified atom stereocenters. The fraction of sp³-hybridized carbons (Fsp3) is 0.211. The first kappa shape index (κ1) is 15.5. The van der Waals surface area contributed by atoms with Gasteiger partial charge in [-0.2, -0.15) is 0 Å². The Morgan fingerprint density at radius 3 is 2.60 bits per heavy atom. The van der Waals surface area contributed by atoms with Gasteiger partial charge in [-0.05, 0) is 43.2 Å². The summed E-state index contributed by atoms with van der Waals surface area (Å²) in [7, 11) is 0. The van der Waals surface area contributed by atoms with Crippen molar-refractivity contribution in [1.82, 2.24) is 20.1 Å². The average Bonchev–Trinajstić information content (AvgIpc) is 3.15. The Kier molecular flexibility index (Phi) is 3.80. The third-order valence-corrected chi connectivity index (χ3v) is 4.50. The van der Waals surface area contributed by atoms with Gasteiger partial charge in [0.1, 0.15) is 18.5 Å².